The predicted octanol–water partition coefficient (Wildman–Crippen LogP) is 5.20. The van der Waals surface area contributed by atoms with Crippen LogP contribution in [0.5, 0.6) is 0 Å². The van der Waals surface area contributed by atoms with Crippen LogP contribution in [0.1, 0.15) is 34.0 Å². The van der Waals surface area contributed by atoms with E-state index < -0.39 is 17.6 Å². The van der Waals surface area contributed by atoms with Crippen molar-refractivity contribution in [3.8, 4) is 0 Å². The summed E-state index contributed by atoms with van der Waals surface area (Å²) in [7, 11) is 0. The summed E-state index contributed by atoms with van der Waals surface area (Å²) in [5, 5.41) is 3.10. The number of carbonyl (C=O) groups excluding carboxylic acids is 1. The number of nitrogens with one attached hydrogen (secondary N) is 1. The van der Waals surface area contributed by atoms with Gasteiger partial charge in [0.1, 0.15) is 0 Å². The number of thioether (sulfide) groups is 1. The van der Waals surface area contributed by atoms with Gasteiger partial charge in [-0.1, -0.05) is 30.1 Å². The molecule has 1 fully saturated rings. The Kier molecular flexibility index (Phi) is 7.81. The Morgan fingerprint density at radius 1 is 1.26 bits per heavy atom. The summed E-state index contributed by atoms with van der Waals surface area (Å²) in [4.78, 5) is 15.4. The number of amides is 1. The lowest BCUT2D eigenvalue weighted by atomic mass is 10.00. The van der Waals surface area contributed by atoms with Crippen molar-refractivity contribution in [3.05, 3.63) is 62.6 Å². The minimum absolute atomic E-state index is 0.0311. The van der Waals surface area contributed by atoms with Gasteiger partial charge in [-0.15, -0.1) is 11.8 Å². The molecule has 0 unspecified atom stereocenters. The Hall–Kier alpha value is -1.45. The Bertz CT molecular complexity index is 966. The molecule has 168 valence electrons. The van der Waals surface area contributed by atoms with E-state index in [0.717, 1.165) is 22.3 Å². The fourth-order valence-electron chi connectivity index (χ4n) is 3.40. The van der Waals surface area contributed by atoms with Crippen LogP contribution < -0.4 is 11.1 Å². The van der Waals surface area contributed by atoms with Crippen molar-refractivity contribution in [2.75, 3.05) is 18.8 Å². The van der Waals surface area contributed by atoms with E-state index in [1.165, 1.54) is 6.07 Å². The molecule has 0 saturated carbocycles. The van der Waals surface area contributed by atoms with Crippen molar-refractivity contribution in [2.45, 2.75) is 37.1 Å². The average molecular weight is 492 g/mol. The fourth-order valence-corrected chi connectivity index (χ4v) is 4.67. The number of benzene rings is 2. The topological polar surface area (TPSA) is 58.4 Å². The number of alkyl halides is 3. The molecule has 1 amide bonds. The first-order chi connectivity index (χ1) is 14.6. The number of halogens is 5. The van der Waals surface area contributed by atoms with Gasteiger partial charge < -0.3 is 11.1 Å². The maximum atomic E-state index is 13.7. The van der Waals surface area contributed by atoms with Crippen LogP contribution in [-0.4, -0.2) is 35.7 Å². The number of hydrogen-bond donors (Lipinski definition) is 2. The van der Waals surface area contributed by atoms with Gasteiger partial charge in [-0.25, -0.2) is 0 Å². The van der Waals surface area contributed by atoms with E-state index in [1.54, 1.807) is 28.8 Å². The van der Waals surface area contributed by atoms with E-state index in [9.17, 15) is 18.0 Å². The Morgan fingerprint density at radius 3 is 2.58 bits per heavy atom. The molecule has 2 aromatic rings. The molecular weight excluding hydrogens is 470 g/mol. The van der Waals surface area contributed by atoms with Crippen molar-refractivity contribution < 1.29 is 18.0 Å². The summed E-state index contributed by atoms with van der Waals surface area (Å²) in [6.07, 6.45) is -4.64. The molecule has 2 aromatic carbocycles. The van der Waals surface area contributed by atoms with Gasteiger partial charge >= 0.3 is 6.18 Å². The zero-order valence-corrected chi connectivity index (χ0v) is 19.1. The molecule has 0 bridgehead atoms. The number of hydrogen-bond acceptors (Lipinski definition) is 4. The predicted molar refractivity (Wildman–Crippen MR) is 119 cm³/mol. The zero-order chi connectivity index (χ0) is 22.8. The van der Waals surface area contributed by atoms with E-state index in [0.29, 0.717) is 18.1 Å². The Labute approximate surface area is 193 Å². The van der Waals surface area contributed by atoms with Crippen LogP contribution in [0.15, 0.2) is 35.2 Å². The summed E-state index contributed by atoms with van der Waals surface area (Å²) in [6.45, 7) is 3.18. The lowest BCUT2D eigenvalue weighted by Crippen LogP contribution is -2.55. The standard InChI is InChI=1S/C21H22Cl2F3N3OS/c1-2-31-19-4-3-14(22)5-13(19)8-28-20(30)12-6-17(21(24,25)26)16(18(23)7-12)11-29-9-15(27)10-29/h3-7,15H,2,8-11,27H2,1H3,(H,28,30). The highest BCUT2D eigenvalue weighted by molar-refractivity contribution is 7.99. The molecule has 0 aliphatic carbocycles. The summed E-state index contributed by atoms with van der Waals surface area (Å²) < 4.78 is 41.1. The van der Waals surface area contributed by atoms with Gasteiger partial charge in [0.25, 0.3) is 5.91 Å². The second-order valence-corrected chi connectivity index (χ2v) is 9.45. The largest absolute Gasteiger partial charge is 0.416 e. The molecule has 1 saturated heterocycles. The Balaban J connectivity index is 1.81. The lowest BCUT2D eigenvalue weighted by molar-refractivity contribution is -0.138. The van der Waals surface area contributed by atoms with Crippen LogP contribution in [0, 0.1) is 0 Å². The highest BCUT2D eigenvalue weighted by atomic mass is 35.5. The van der Waals surface area contributed by atoms with Crippen LogP contribution in [0.2, 0.25) is 10.0 Å². The molecule has 31 heavy (non-hydrogen) atoms. The first-order valence-corrected chi connectivity index (χ1v) is 11.4. The molecule has 10 heteroatoms. The van der Waals surface area contributed by atoms with Crippen molar-refractivity contribution in [1.29, 1.82) is 0 Å². The Morgan fingerprint density at radius 2 is 1.97 bits per heavy atom. The van der Waals surface area contributed by atoms with Gasteiger partial charge in [-0.05, 0) is 47.2 Å². The van der Waals surface area contributed by atoms with E-state index in [2.05, 4.69) is 5.32 Å². The van der Waals surface area contributed by atoms with Gasteiger partial charge in [0.05, 0.1) is 5.56 Å². The molecule has 0 aromatic heterocycles. The number of nitrogens with zero attached hydrogens (tertiary/aromatic N) is 1. The van der Waals surface area contributed by atoms with Crippen molar-refractivity contribution in [3.63, 3.8) is 0 Å². The van der Waals surface area contributed by atoms with Crippen LogP contribution >= 0.6 is 35.0 Å². The van der Waals surface area contributed by atoms with Crippen LogP contribution in [-0.2, 0) is 19.3 Å². The first kappa shape index (κ1) is 24.2. The van der Waals surface area contributed by atoms with E-state index in [-0.39, 0.29) is 35.3 Å². The fraction of sp³-hybridized carbons (Fsp3) is 0.381. The second-order valence-electron chi connectivity index (χ2n) is 7.30. The third-order valence-corrected chi connectivity index (χ3v) is 6.46. The van der Waals surface area contributed by atoms with Gasteiger partial charge in [0.15, 0.2) is 0 Å². The summed E-state index contributed by atoms with van der Waals surface area (Å²) >= 11 is 13.8. The average Bonchev–Trinajstić information content (AvgIpc) is 2.67. The third-order valence-electron chi connectivity index (χ3n) is 4.89. The lowest BCUT2D eigenvalue weighted by Gasteiger charge is -2.37. The van der Waals surface area contributed by atoms with Crippen LogP contribution in [0.4, 0.5) is 13.2 Å². The maximum absolute atomic E-state index is 13.7. The number of nitrogens with two attached hydrogens (primary N) is 1. The smallest absolute Gasteiger partial charge is 0.348 e. The molecule has 0 radical (unpaired) electrons. The number of carbonyl (C=O) groups is 1. The SMILES string of the molecule is CCSc1ccc(Cl)cc1CNC(=O)c1cc(Cl)c(CN2CC(N)C2)c(C(F)(F)F)c1. The highest BCUT2D eigenvalue weighted by Gasteiger charge is 2.37. The normalized spacial score (nSPS) is 15.1. The van der Waals surface area contributed by atoms with Crippen molar-refractivity contribution in [2.24, 2.45) is 5.73 Å². The molecular formula is C21H22Cl2F3N3OS. The molecule has 0 atom stereocenters. The van der Waals surface area contributed by atoms with Gasteiger partial charge in [-0.3, -0.25) is 9.69 Å². The van der Waals surface area contributed by atoms with Gasteiger partial charge in [0, 0.05) is 52.7 Å². The van der Waals surface area contributed by atoms with Gasteiger partial charge in [-0.2, -0.15) is 13.2 Å². The minimum atomic E-state index is -4.64. The summed E-state index contributed by atoms with van der Waals surface area (Å²) in [6, 6.07) is 7.43. The molecule has 1 aliphatic heterocycles. The second kappa shape index (κ2) is 10.0. The molecule has 0 spiro atoms. The zero-order valence-electron chi connectivity index (χ0n) is 16.7. The van der Waals surface area contributed by atoms with E-state index in [1.807, 2.05) is 13.0 Å². The molecule has 4 nitrogen and oxygen atoms in total. The molecule has 3 rings (SSSR count). The molecule has 3 N–H and O–H groups in total. The number of likely N-dealkylation sites (tertiary alicyclic amines) is 1. The third kappa shape index (κ3) is 6.08. The van der Waals surface area contributed by atoms with Crippen LogP contribution in [0.3, 0.4) is 0 Å². The monoisotopic (exact) mass is 491 g/mol. The van der Waals surface area contributed by atoms with E-state index in [4.69, 9.17) is 28.9 Å². The minimum Gasteiger partial charge on any atom is -0.348 e. The summed E-state index contributed by atoms with van der Waals surface area (Å²) in [5.74, 6) is 0.189. The summed E-state index contributed by atoms with van der Waals surface area (Å²) in [5.41, 5.74) is 5.40. The quantitative estimate of drug-likeness (QED) is 0.522. The highest BCUT2D eigenvalue weighted by Crippen LogP contribution is 2.37. The molecule has 1 heterocycles. The van der Waals surface area contributed by atoms with E-state index >= 15 is 0 Å². The van der Waals surface area contributed by atoms with Crippen molar-refractivity contribution in [1.82, 2.24) is 10.2 Å². The molecule has 1 aliphatic rings. The van der Waals surface area contributed by atoms with Gasteiger partial charge in [0.2, 0.25) is 0 Å². The maximum Gasteiger partial charge on any atom is 0.416 e. The van der Waals surface area contributed by atoms with Crippen LogP contribution in [0.25, 0.3) is 0 Å². The first-order valence-electron chi connectivity index (χ1n) is 9.65. The number of rotatable bonds is 7. The van der Waals surface area contributed by atoms with Crippen molar-refractivity contribution >= 4 is 40.9 Å².